The van der Waals surface area contributed by atoms with Gasteiger partial charge in [-0.05, 0) is 25.1 Å². The first kappa shape index (κ1) is 12.6. The van der Waals surface area contributed by atoms with Crippen molar-refractivity contribution >= 4 is 5.97 Å². The van der Waals surface area contributed by atoms with Crippen molar-refractivity contribution in [2.24, 2.45) is 0 Å². The van der Waals surface area contributed by atoms with E-state index in [0.29, 0.717) is 5.69 Å². The topological polar surface area (TPSA) is 51.2 Å². The van der Waals surface area contributed by atoms with Crippen LogP contribution in [-0.2, 0) is 4.74 Å². The van der Waals surface area contributed by atoms with Crippen LogP contribution < -0.4 is 5.32 Å². The lowest BCUT2D eigenvalue weighted by Gasteiger charge is -2.09. The van der Waals surface area contributed by atoms with Gasteiger partial charge in [-0.15, -0.1) is 0 Å². The third-order valence-corrected chi connectivity index (χ3v) is 2.16. The molecule has 0 amide bonds. The highest BCUT2D eigenvalue weighted by Crippen LogP contribution is 2.06. The molecule has 1 aromatic heterocycles. The molecule has 1 unspecified atom stereocenters. The summed E-state index contributed by atoms with van der Waals surface area (Å²) in [5, 5.41) is 3.13. The normalized spacial score (nSPS) is 18.5. The van der Waals surface area contributed by atoms with Crippen LogP contribution >= 0.6 is 0 Å². The molecular formula is C12H18N2O2. The van der Waals surface area contributed by atoms with E-state index in [4.69, 9.17) is 4.74 Å². The van der Waals surface area contributed by atoms with Gasteiger partial charge in [-0.25, -0.2) is 9.78 Å². The summed E-state index contributed by atoms with van der Waals surface area (Å²) in [7, 11) is 0. The van der Waals surface area contributed by atoms with Crippen LogP contribution in [0.1, 0.15) is 30.8 Å². The van der Waals surface area contributed by atoms with Crippen LogP contribution in [0.4, 0.5) is 0 Å². The van der Waals surface area contributed by atoms with Gasteiger partial charge in [-0.3, -0.25) is 0 Å². The molecule has 88 valence electrons. The van der Waals surface area contributed by atoms with E-state index in [1.54, 1.807) is 24.4 Å². The van der Waals surface area contributed by atoms with Crippen LogP contribution in [0.25, 0.3) is 0 Å². The Hall–Kier alpha value is -1.42. The summed E-state index contributed by atoms with van der Waals surface area (Å²) >= 11 is 0. The van der Waals surface area contributed by atoms with Gasteiger partial charge >= 0.3 is 5.97 Å². The fraction of sp³-hybridized carbons (Fsp3) is 0.500. The summed E-state index contributed by atoms with van der Waals surface area (Å²) in [5.41, 5.74) is 0.374. The maximum absolute atomic E-state index is 11.5. The number of pyridine rings is 1. The number of nitrogens with one attached hydrogen (secondary N) is 1. The highest BCUT2D eigenvalue weighted by molar-refractivity contribution is 5.87. The Kier molecular flexibility index (Phi) is 5.50. The number of esters is 1. The molecule has 1 aliphatic heterocycles. The lowest BCUT2D eigenvalue weighted by molar-refractivity contribution is 0.0337. The first-order valence-electron chi connectivity index (χ1n) is 5.69. The van der Waals surface area contributed by atoms with E-state index in [0.717, 1.165) is 19.5 Å². The Balaban J connectivity index is 0.000000606. The summed E-state index contributed by atoms with van der Waals surface area (Å²) in [6, 6.07) is 5.20. The Bertz CT molecular complexity index is 308. The molecule has 2 rings (SSSR count). The van der Waals surface area contributed by atoms with Gasteiger partial charge in [0.2, 0.25) is 0 Å². The minimum Gasteiger partial charge on any atom is -0.456 e. The molecule has 0 aliphatic carbocycles. The maximum Gasteiger partial charge on any atom is 0.357 e. The lowest BCUT2D eigenvalue weighted by Crippen LogP contribution is -2.21. The smallest absolute Gasteiger partial charge is 0.357 e. The van der Waals surface area contributed by atoms with Crippen molar-refractivity contribution in [1.82, 2.24) is 10.3 Å². The number of carbonyl (C=O) groups is 1. The molecule has 4 nitrogen and oxygen atoms in total. The molecule has 1 aliphatic rings. The molecule has 0 radical (unpaired) electrons. The Morgan fingerprint density at radius 1 is 1.50 bits per heavy atom. The van der Waals surface area contributed by atoms with Crippen molar-refractivity contribution in [3.8, 4) is 0 Å². The van der Waals surface area contributed by atoms with E-state index < -0.39 is 0 Å². The van der Waals surface area contributed by atoms with Crippen molar-refractivity contribution in [2.45, 2.75) is 26.4 Å². The standard InChI is InChI=1S/C10H12N2O2.C2H6/c13-10(9-3-1-2-5-12-9)14-8-4-6-11-7-8;1-2/h1-3,5,8,11H,4,6-7H2;1-2H3. The van der Waals surface area contributed by atoms with Gasteiger partial charge in [-0.1, -0.05) is 19.9 Å². The van der Waals surface area contributed by atoms with E-state index in [-0.39, 0.29) is 12.1 Å². The summed E-state index contributed by atoms with van der Waals surface area (Å²) in [6.45, 7) is 5.67. The monoisotopic (exact) mass is 222 g/mol. The van der Waals surface area contributed by atoms with Crippen LogP contribution in [0.5, 0.6) is 0 Å². The van der Waals surface area contributed by atoms with E-state index in [1.165, 1.54) is 0 Å². The molecule has 1 N–H and O–H groups in total. The Morgan fingerprint density at radius 3 is 2.88 bits per heavy atom. The highest BCUT2D eigenvalue weighted by atomic mass is 16.5. The quantitative estimate of drug-likeness (QED) is 0.773. The van der Waals surface area contributed by atoms with E-state index >= 15 is 0 Å². The lowest BCUT2D eigenvalue weighted by atomic mass is 10.3. The Labute approximate surface area is 96.0 Å². The van der Waals surface area contributed by atoms with E-state index in [2.05, 4.69) is 10.3 Å². The summed E-state index contributed by atoms with van der Waals surface area (Å²) in [5.74, 6) is -0.334. The van der Waals surface area contributed by atoms with E-state index in [1.807, 2.05) is 13.8 Å². The molecular weight excluding hydrogens is 204 g/mol. The minimum absolute atomic E-state index is 0.00417. The number of ether oxygens (including phenoxy) is 1. The van der Waals surface area contributed by atoms with Gasteiger partial charge in [0.25, 0.3) is 0 Å². The summed E-state index contributed by atoms with van der Waals surface area (Å²) < 4.78 is 5.23. The fourth-order valence-electron chi connectivity index (χ4n) is 1.42. The molecule has 0 bridgehead atoms. The zero-order valence-corrected chi connectivity index (χ0v) is 9.77. The summed E-state index contributed by atoms with van der Waals surface area (Å²) in [4.78, 5) is 15.4. The maximum atomic E-state index is 11.5. The molecule has 1 fully saturated rings. The Morgan fingerprint density at radius 2 is 2.31 bits per heavy atom. The van der Waals surface area contributed by atoms with Crippen LogP contribution in [0.3, 0.4) is 0 Å². The second kappa shape index (κ2) is 6.95. The largest absolute Gasteiger partial charge is 0.456 e. The van der Waals surface area contributed by atoms with Crippen LogP contribution in [-0.4, -0.2) is 30.1 Å². The molecule has 1 saturated heterocycles. The minimum atomic E-state index is -0.334. The molecule has 0 spiro atoms. The predicted molar refractivity (Wildman–Crippen MR) is 62.3 cm³/mol. The molecule has 0 aromatic carbocycles. The highest BCUT2D eigenvalue weighted by Gasteiger charge is 2.19. The number of rotatable bonds is 2. The van der Waals surface area contributed by atoms with Crippen molar-refractivity contribution in [2.75, 3.05) is 13.1 Å². The second-order valence-corrected chi connectivity index (χ2v) is 3.24. The third-order valence-electron chi connectivity index (χ3n) is 2.16. The van der Waals surface area contributed by atoms with Crippen LogP contribution in [0.15, 0.2) is 24.4 Å². The fourth-order valence-corrected chi connectivity index (χ4v) is 1.42. The van der Waals surface area contributed by atoms with Gasteiger partial charge in [0.15, 0.2) is 0 Å². The van der Waals surface area contributed by atoms with Crippen LogP contribution in [0, 0.1) is 0 Å². The molecule has 1 atom stereocenters. The SMILES string of the molecule is CC.O=C(OC1CCNC1)c1ccccn1. The first-order chi connectivity index (χ1) is 7.86. The third kappa shape index (κ3) is 3.62. The number of hydrogen-bond acceptors (Lipinski definition) is 4. The van der Waals surface area contributed by atoms with Crippen molar-refractivity contribution in [3.05, 3.63) is 30.1 Å². The van der Waals surface area contributed by atoms with Gasteiger partial charge in [-0.2, -0.15) is 0 Å². The number of nitrogens with zero attached hydrogens (tertiary/aromatic N) is 1. The number of carbonyl (C=O) groups excluding carboxylic acids is 1. The van der Waals surface area contributed by atoms with Gasteiger partial charge in [0.05, 0.1) is 0 Å². The molecule has 1 aromatic rings. The number of hydrogen-bond donors (Lipinski definition) is 1. The van der Waals surface area contributed by atoms with Crippen molar-refractivity contribution in [1.29, 1.82) is 0 Å². The zero-order valence-electron chi connectivity index (χ0n) is 9.77. The number of aromatic nitrogens is 1. The van der Waals surface area contributed by atoms with Crippen molar-refractivity contribution < 1.29 is 9.53 Å². The van der Waals surface area contributed by atoms with E-state index in [9.17, 15) is 4.79 Å². The average molecular weight is 222 g/mol. The first-order valence-corrected chi connectivity index (χ1v) is 5.69. The molecule has 16 heavy (non-hydrogen) atoms. The molecule has 2 heterocycles. The summed E-state index contributed by atoms with van der Waals surface area (Å²) in [6.07, 6.45) is 2.48. The average Bonchev–Trinajstić information content (AvgIpc) is 2.86. The van der Waals surface area contributed by atoms with Gasteiger partial charge < -0.3 is 10.1 Å². The van der Waals surface area contributed by atoms with Gasteiger partial charge in [0.1, 0.15) is 11.8 Å². The van der Waals surface area contributed by atoms with Gasteiger partial charge in [0, 0.05) is 12.7 Å². The van der Waals surface area contributed by atoms with Crippen LogP contribution in [0.2, 0.25) is 0 Å². The predicted octanol–water partition coefficient (Wildman–Crippen LogP) is 1.63. The molecule has 0 saturated carbocycles. The zero-order chi connectivity index (χ0) is 11.8. The van der Waals surface area contributed by atoms with Crippen molar-refractivity contribution in [3.63, 3.8) is 0 Å². The second-order valence-electron chi connectivity index (χ2n) is 3.24. The molecule has 4 heteroatoms.